The number of hydrogen-bond donors (Lipinski definition) is 0. The fraction of sp³-hybridized carbons (Fsp3) is 0.0952. The zero-order chi connectivity index (χ0) is 17.7. The van der Waals surface area contributed by atoms with E-state index in [4.69, 9.17) is 9.51 Å². The first kappa shape index (κ1) is 14.8. The Morgan fingerprint density at radius 2 is 1.96 bits per heavy atom. The van der Waals surface area contributed by atoms with Gasteiger partial charge in [0.25, 0.3) is 0 Å². The molecule has 0 radical (unpaired) electrons. The maximum atomic E-state index is 5.61. The molecular weight excluding hydrogens is 324 g/mol. The van der Waals surface area contributed by atoms with Gasteiger partial charge in [-0.15, -0.1) is 0 Å². The lowest BCUT2D eigenvalue weighted by Crippen LogP contribution is -1.90. The SMILES string of the molecule is Cc1noc2c(-c3ccc4c(ccn4C)c3)cc(-c3cccnc3)nc12. The number of nitrogens with zero attached hydrogens (tertiary/aromatic N) is 4. The maximum absolute atomic E-state index is 5.61. The molecule has 0 unspecified atom stereocenters. The van der Waals surface area contributed by atoms with Gasteiger partial charge in [-0.25, -0.2) is 4.98 Å². The van der Waals surface area contributed by atoms with Crippen LogP contribution in [-0.4, -0.2) is 19.7 Å². The predicted molar refractivity (Wildman–Crippen MR) is 102 cm³/mol. The number of benzene rings is 1. The van der Waals surface area contributed by atoms with E-state index in [0.717, 1.165) is 33.6 Å². The fourth-order valence-corrected chi connectivity index (χ4v) is 3.35. The minimum Gasteiger partial charge on any atom is -0.354 e. The smallest absolute Gasteiger partial charge is 0.193 e. The summed E-state index contributed by atoms with van der Waals surface area (Å²) < 4.78 is 7.72. The third kappa shape index (κ3) is 2.21. The first-order valence-corrected chi connectivity index (χ1v) is 8.43. The Labute approximate surface area is 149 Å². The third-order valence-electron chi connectivity index (χ3n) is 4.74. The van der Waals surface area contributed by atoms with E-state index in [2.05, 4.69) is 45.2 Å². The molecule has 0 fully saturated rings. The van der Waals surface area contributed by atoms with Crippen molar-refractivity contribution in [3.63, 3.8) is 0 Å². The van der Waals surface area contributed by atoms with Crippen molar-refractivity contribution in [1.29, 1.82) is 0 Å². The van der Waals surface area contributed by atoms with E-state index in [1.165, 1.54) is 10.9 Å². The molecule has 26 heavy (non-hydrogen) atoms. The van der Waals surface area contributed by atoms with Crippen LogP contribution in [0.15, 0.2) is 65.6 Å². The predicted octanol–water partition coefficient (Wildman–Crippen LogP) is 4.75. The summed E-state index contributed by atoms with van der Waals surface area (Å²) in [6, 6.07) is 14.5. The molecule has 4 heterocycles. The van der Waals surface area contributed by atoms with Gasteiger partial charge in [0.2, 0.25) is 0 Å². The van der Waals surface area contributed by atoms with Gasteiger partial charge in [0.1, 0.15) is 11.2 Å². The normalized spacial score (nSPS) is 11.5. The van der Waals surface area contributed by atoms with Crippen LogP contribution in [0.3, 0.4) is 0 Å². The van der Waals surface area contributed by atoms with Gasteiger partial charge < -0.3 is 9.09 Å². The second kappa shape index (κ2) is 5.52. The molecule has 5 heteroatoms. The van der Waals surface area contributed by atoms with Gasteiger partial charge in [-0.2, -0.15) is 0 Å². The van der Waals surface area contributed by atoms with Crippen LogP contribution in [0.4, 0.5) is 0 Å². The zero-order valence-corrected chi connectivity index (χ0v) is 14.5. The Morgan fingerprint density at radius 1 is 1.04 bits per heavy atom. The van der Waals surface area contributed by atoms with Crippen LogP contribution < -0.4 is 0 Å². The van der Waals surface area contributed by atoms with Gasteiger partial charge in [0.05, 0.1) is 5.69 Å². The number of hydrogen-bond acceptors (Lipinski definition) is 4. The van der Waals surface area contributed by atoms with Crippen molar-refractivity contribution in [1.82, 2.24) is 19.7 Å². The fourth-order valence-electron chi connectivity index (χ4n) is 3.35. The molecule has 0 N–H and O–H groups in total. The molecule has 5 rings (SSSR count). The van der Waals surface area contributed by atoms with E-state index in [9.17, 15) is 0 Å². The van der Waals surface area contributed by atoms with Crippen LogP contribution in [0.1, 0.15) is 5.69 Å². The van der Waals surface area contributed by atoms with Crippen LogP contribution in [0.25, 0.3) is 44.4 Å². The standard InChI is InChI=1S/C21H16N4O/c1-13-20-21(26-24-13)17(11-18(23-20)16-4-3-8-22-12-16)14-5-6-19-15(10-14)7-9-25(19)2/h3-12H,1-2H3. The Balaban J connectivity index is 1.80. The Kier molecular flexibility index (Phi) is 3.15. The molecule has 0 spiro atoms. The quantitative estimate of drug-likeness (QED) is 0.465. The summed E-state index contributed by atoms with van der Waals surface area (Å²) in [6.07, 6.45) is 5.65. The first-order chi connectivity index (χ1) is 12.7. The molecule has 126 valence electrons. The minimum atomic E-state index is 0.713. The van der Waals surface area contributed by atoms with Crippen molar-refractivity contribution in [2.24, 2.45) is 7.05 Å². The van der Waals surface area contributed by atoms with Gasteiger partial charge in [0.15, 0.2) is 5.58 Å². The first-order valence-electron chi connectivity index (χ1n) is 8.43. The molecule has 0 aliphatic carbocycles. The second-order valence-electron chi connectivity index (χ2n) is 6.44. The van der Waals surface area contributed by atoms with Crippen LogP contribution >= 0.6 is 0 Å². The molecule has 5 nitrogen and oxygen atoms in total. The van der Waals surface area contributed by atoms with Crippen molar-refractivity contribution in [3.05, 3.63) is 66.7 Å². The lowest BCUT2D eigenvalue weighted by molar-refractivity contribution is 0.451. The van der Waals surface area contributed by atoms with Gasteiger partial charge >= 0.3 is 0 Å². The Bertz CT molecular complexity index is 1250. The molecule has 0 bridgehead atoms. The number of fused-ring (bicyclic) bond motifs is 2. The van der Waals surface area contributed by atoms with E-state index in [1.54, 1.807) is 6.20 Å². The van der Waals surface area contributed by atoms with Crippen molar-refractivity contribution in [2.75, 3.05) is 0 Å². The van der Waals surface area contributed by atoms with E-state index >= 15 is 0 Å². The summed E-state index contributed by atoms with van der Waals surface area (Å²) in [5.74, 6) is 0. The second-order valence-corrected chi connectivity index (χ2v) is 6.44. The topological polar surface area (TPSA) is 56.7 Å². The number of rotatable bonds is 2. The van der Waals surface area contributed by atoms with E-state index in [0.29, 0.717) is 5.58 Å². The van der Waals surface area contributed by atoms with Crippen molar-refractivity contribution in [3.8, 4) is 22.4 Å². The Hall–Kier alpha value is -3.47. The summed E-state index contributed by atoms with van der Waals surface area (Å²) in [5, 5.41) is 5.31. The van der Waals surface area contributed by atoms with Gasteiger partial charge in [0, 0.05) is 47.7 Å². The van der Waals surface area contributed by atoms with E-state index < -0.39 is 0 Å². The molecule has 5 aromatic rings. The molecular formula is C21H16N4O. The molecule has 0 saturated heterocycles. The highest BCUT2D eigenvalue weighted by atomic mass is 16.5. The number of aryl methyl sites for hydroxylation is 2. The molecule has 0 aliphatic heterocycles. The highest BCUT2D eigenvalue weighted by molar-refractivity contribution is 5.96. The average molecular weight is 340 g/mol. The molecule has 0 amide bonds. The van der Waals surface area contributed by atoms with Crippen LogP contribution in [0.5, 0.6) is 0 Å². The lowest BCUT2D eigenvalue weighted by Gasteiger charge is -2.07. The molecule has 0 saturated carbocycles. The minimum absolute atomic E-state index is 0.713. The van der Waals surface area contributed by atoms with Crippen molar-refractivity contribution >= 4 is 22.0 Å². The average Bonchev–Trinajstić information content (AvgIpc) is 3.25. The lowest BCUT2D eigenvalue weighted by atomic mass is 10.0. The summed E-state index contributed by atoms with van der Waals surface area (Å²) in [6.45, 7) is 1.91. The van der Waals surface area contributed by atoms with Gasteiger partial charge in [-0.1, -0.05) is 11.2 Å². The molecule has 4 aromatic heterocycles. The van der Waals surface area contributed by atoms with Gasteiger partial charge in [-0.3, -0.25) is 4.98 Å². The van der Waals surface area contributed by atoms with Crippen LogP contribution in [-0.2, 0) is 7.05 Å². The van der Waals surface area contributed by atoms with Crippen LogP contribution in [0, 0.1) is 6.92 Å². The third-order valence-corrected chi connectivity index (χ3v) is 4.74. The number of pyridine rings is 2. The molecule has 1 aromatic carbocycles. The summed E-state index contributed by atoms with van der Waals surface area (Å²) in [4.78, 5) is 8.97. The molecule has 0 aliphatic rings. The monoisotopic (exact) mass is 340 g/mol. The highest BCUT2D eigenvalue weighted by Crippen LogP contribution is 2.34. The van der Waals surface area contributed by atoms with E-state index in [1.807, 2.05) is 38.4 Å². The highest BCUT2D eigenvalue weighted by Gasteiger charge is 2.16. The zero-order valence-electron chi connectivity index (χ0n) is 14.5. The molecule has 0 atom stereocenters. The largest absolute Gasteiger partial charge is 0.354 e. The van der Waals surface area contributed by atoms with Crippen molar-refractivity contribution < 1.29 is 4.52 Å². The Morgan fingerprint density at radius 3 is 2.81 bits per heavy atom. The van der Waals surface area contributed by atoms with E-state index in [-0.39, 0.29) is 0 Å². The van der Waals surface area contributed by atoms with Gasteiger partial charge in [-0.05, 0) is 48.9 Å². The van der Waals surface area contributed by atoms with Crippen molar-refractivity contribution in [2.45, 2.75) is 6.92 Å². The summed E-state index contributed by atoms with van der Waals surface area (Å²) >= 11 is 0. The number of aromatic nitrogens is 4. The summed E-state index contributed by atoms with van der Waals surface area (Å²) in [5.41, 5.74) is 7.38. The summed E-state index contributed by atoms with van der Waals surface area (Å²) in [7, 11) is 2.05. The van der Waals surface area contributed by atoms with Crippen LogP contribution in [0.2, 0.25) is 0 Å². The maximum Gasteiger partial charge on any atom is 0.193 e.